The lowest BCUT2D eigenvalue weighted by molar-refractivity contribution is -0.136. The number of rotatable bonds is 7. The largest absolute Gasteiger partial charge is 0.497 e. The van der Waals surface area contributed by atoms with Crippen LogP contribution in [0.3, 0.4) is 0 Å². The second-order valence-corrected chi connectivity index (χ2v) is 4.65. The summed E-state index contributed by atoms with van der Waals surface area (Å²) >= 11 is 0. The maximum Gasteiger partial charge on any atom is 0.315 e. The topological polar surface area (TPSA) is 87.7 Å². The molecular formula is C14H19FN2O4. The fourth-order valence-corrected chi connectivity index (χ4v) is 1.82. The second kappa shape index (κ2) is 8.08. The van der Waals surface area contributed by atoms with Gasteiger partial charge in [0.1, 0.15) is 11.6 Å². The summed E-state index contributed by atoms with van der Waals surface area (Å²) < 4.78 is 18.3. The molecule has 21 heavy (non-hydrogen) atoms. The van der Waals surface area contributed by atoms with Crippen molar-refractivity contribution in [2.24, 2.45) is 0 Å². The molecule has 6 nitrogen and oxygen atoms in total. The third-order valence-corrected chi connectivity index (χ3v) is 2.71. The molecule has 0 aliphatic carbocycles. The van der Waals surface area contributed by atoms with Gasteiger partial charge >= 0.3 is 12.0 Å². The van der Waals surface area contributed by atoms with Gasteiger partial charge in [0.2, 0.25) is 0 Å². The molecule has 0 spiro atoms. The summed E-state index contributed by atoms with van der Waals surface area (Å²) in [7, 11) is 1.45. The zero-order valence-corrected chi connectivity index (χ0v) is 12.0. The van der Waals surface area contributed by atoms with Gasteiger partial charge < -0.3 is 20.5 Å². The van der Waals surface area contributed by atoms with Gasteiger partial charge in [-0.1, -0.05) is 0 Å². The van der Waals surface area contributed by atoms with Gasteiger partial charge in [-0.15, -0.1) is 0 Å². The first-order chi connectivity index (χ1) is 9.90. The summed E-state index contributed by atoms with van der Waals surface area (Å²) in [6.45, 7) is 1.83. The maximum atomic E-state index is 13.3. The van der Waals surface area contributed by atoms with Crippen molar-refractivity contribution in [2.75, 3.05) is 13.7 Å². The SMILES string of the molecule is COc1cc(F)cc(CC(C)NC(=O)NCCC(=O)O)c1. The molecule has 0 saturated heterocycles. The van der Waals surface area contributed by atoms with Crippen LogP contribution in [0.2, 0.25) is 0 Å². The summed E-state index contributed by atoms with van der Waals surface area (Å²) in [4.78, 5) is 21.8. The minimum absolute atomic E-state index is 0.0572. The Bertz CT molecular complexity index is 508. The zero-order valence-electron chi connectivity index (χ0n) is 12.0. The number of carbonyl (C=O) groups is 2. The minimum atomic E-state index is -0.977. The Morgan fingerprint density at radius 2 is 2.10 bits per heavy atom. The molecule has 0 heterocycles. The summed E-state index contributed by atoms with van der Waals surface area (Å²) in [5.41, 5.74) is 0.699. The molecule has 0 aromatic heterocycles. The smallest absolute Gasteiger partial charge is 0.315 e. The number of aliphatic carboxylic acids is 1. The molecule has 2 amide bonds. The van der Waals surface area contributed by atoms with Gasteiger partial charge in [-0.2, -0.15) is 0 Å². The highest BCUT2D eigenvalue weighted by Gasteiger charge is 2.10. The van der Waals surface area contributed by atoms with E-state index in [9.17, 15) is 14.0 Å². The van der Waals surface area contributed by atoms with E-state index in [1.807, 2.05) is 0 Å². The van der Waals surface area contributed by atoms with Crippen LogP contribution in [0.25, 0.3) is 0 Å². The molecule has 0 saturated carbocycles. The second-order valence-electron chi connectivity index (χ2n) is 4.65. The number of nitrogens with one attached hydrogen (secondary N) is 2. The van der Waals surface area contributed by atoms with E-state index in [4.69, 9.17) is 9.84 Å². The standard InChI is InChI=1S/C14H19FN2O4/c1-9(17-14(20)16-4-3-13(18)19)5-10-6-11(15)8-12(7-10)21-2/h6-9H,3-5H2,1-2H3,(H,18,19)(H2,16,17,20). The van der Waals surface area contributed by atoms with Crippen LogP contribution in [0.5, 0.6) is 5.75 Å². The lowest BCUT2D eigenvalue weighted by Crippen LogP contribution is -2.42. The number of carboxylic acid groups (broad SMARTS) is 1. The van der Waals surface area contributed by atoms with Crippen LogP contribution in [0, 0.1) is 5.82 Å². The van der Waals surface area contributed by atoms with Crippen molar-refractivity contribution < 1.29 is 23.8 Å². The molecule has 116 valence electrons. The fourth-order valence-electron chi connectivity index (χ4n) is 1.82. The van der Waals surface area contributed by atoms with Crippen LogP contribution in [-0.4, -0.2) is 36.8 Å². The van der Waals surface area contributed by atoms with Crippen molar-refractivity contribution in [2.45, 2.75) is 25.8 Å². The van der Waals surface area contributed by atoms with Crippen molar-refractivity contribution in [1.82, 2.24) is 10.6 Å². The van der Waals surface area contributed by atoms with Crippen LogP contribution >= 0.6 is 0 Å². The summed E-state index contributed by atoms with van der Waals surface area (Å²) in [6.07, 6.45) is 0.295. The molecule has 0 bridgehead atoms. The molecule has 7 heteroatoms. The summed E-state index contributed by atoms with van der Waals surface area (Å²) in [5.74, 6) is -0.958. The van der Waals surface area contributed by atoms with Crippen molar-refractivity contribution in [3.05, 3.63) is 29.6 Å². The number of amides is 2. The van der Waals surface area contributed by atoms with E-state index < -0.39 is 17.8 Å². The van der Waals surface area contributed by atoms with Gasteiger partial charge in [0.05, 0.1) is 13.5 Å². The molecule has 0 radical (unpaired) electrons. The Labute approximate surface area is 122 Å². The van der Waals surface area contributed by atoms with E-state index in [0.29, 0.717) is 17.7 Å². The molecule has 1 rings (SSSR count). The summed E-state index contributed by atoms with van der Waals surface area (Å²) in [6, 6.07) is 3.67. The molecule has 0 aliphatic rings. The van der Waals surface area contributed by atoms with Crippen LogP contribution < -0.4 is 15.4 Å². The van der Waals surface area contributed by atoms with Crippen molar-refractivity contribution in [1.29, 1.82) is 0 Å². The van der Waals surface area contributed by atoms with Gasteiger partial charge in [0.15, 0.2) is 0 Å². The molecule has 0 fully saturated rings. The maximum absolute atomic E-state index is 13.3. The predicted octanol–water partition coefficient (Wildman–Crippen LogP) is 1.54. The van der Waals surface area contributed by atoms with Crippen molar-refractivity contribution in [3.8, 4) is 5.75 Å². The molecule has 0 aliphatic heterocycles. The van der Waals surface area contributed by atoms with E-state index in [0.717, 1.165) is 0 Å². The number of halogens is 1. The minimum Gasteiger partial charge on any atom is -0.497 e. The molecule has 1 aromatic rings. The van der Waals surface area contributed by atoms with Gasteiger partial charge in [0, 0.05) is 18.7 Å². The van der Waals surface area contributed by atoms with Gasteiger partial charge in [0.25, 0.3) is 0 Å². The highest BCUT2D eigenvalue weighted by molar-refractivity contribution is 5.75. The van der Waals surface area contributed by atoms with Crippen molar-refractivity contribution in [3.63, 3.8) is 0 Å². The molecule has 3 N–H and O–H groups in total. The number of urea groups is 1. The number of benzene rings is 1. The highest BCUT2D eigenvalue weighted by atomic mass is 19.1. The average Bonchev–Trinajstić information content (AvgIpc) is 2.36. The van der Waals surface area contributed by atoms with Crippen LogP contribution in [-0.2, 0) is 11.2 Å². The van der Waals surface area contributed by atoms with E-state index in [1.165, 1.54) is 19.2 Å². The number of hydrogen-bond donors (Lipinski definition) is 3. The Morgan fingerprint density at radius 1 is 1.38 bits per heavy atom. The Balaban J connectivity index is 2.46. The van der Waals surface area contributed by atoms with Crippen LogP contribution in [0.15, 0.2) is 18.2 Å². The monoisotopic (exact) mass is 298 g/mol. The summed E-state index contributed by atoms with van der Waals surface area (Å²) in [5, 5.41) is 13.5. The highest BCUT2D eigenvalue weighted by Crippen LogP contribution is 2.17. The number of ether oxygens (including phenoxy) is 1. The van der Waals surface area contributed by atoms with E-state index in [-0.39, 0.29) is 19.0 Å². The molecular weight excluding hydrogens is 279 g/mol. The lowest BCUT2D eigenvalue weighted by Gasteiger charge is -2.15. The zero-order chi connectivity index (χ0) is 15.8. The third kappa shape index (κ3) is 6.60. The number of hydrogen-bond acceptors (Lipinski definition) is 3. The average molecular weight is 298 g/mol. The molecule has 1 aromatic carbocycles. The number of methoxy groups -OCH3 is 1. The van der Waals surface area contributed by atoms with E-state index in [2.05, 4.69) is 10.6 Å². The Morgan fingerprint density at radius 3 is 2.71 bits per heavy atom. The Kier molecular flexibility index (Phi) is 6.45. The first kappa shape index (κ1) is 16.7. The van der Waals surface area contributed by atoms with E-state index >= 15 is 0 Å². The van der Waals surface area contributed by atoms with E-state index in [1.54, 1.807) is 13.0 Å². The molecule has 1 unspecified atom stereocenters. The molecule has 1 atom stereocenters. The van der Waals surface area contributed by atoms with Crippen molar-refractivity contribution >= 4 is 12.0 Å². The normalized spacial score (nSPS) is 11.6. The van der Waals surface area contributed by atoms with Crippen LogP contribution in [0.1, 0.15) is 18.9 Å². The third-order valence-electron chi connectivity index (χ3n) is 2.71. The number of carboxylic acids is 1. The van der Waals surface area contributed by atoms with Crippen LogP contribution in [0.4, 0.5) is 9.18 Å². The fraction of sp³-hybridized carbons (Fsp3) is 0.429. The van der Waals surface area contributed by atoms with Gasteiger partial charge in [-0.3, -0.25) is 4.79 Å². The predicted molar refractivity (Wildman–Crippen MR) is 74.9 cm³/mol. The van der Waals surface area contributed by atoms with Gasteiger partial charge in [-0.05, 0) is 31.0 Å². The Hall–Kier alpha value is -2.31. The van der Waals surface area contributed by atoms with Gasteiger partial charge in [-0.25, -0.2) is 9.18 Å². The first-order valence-electron chi connectivity index (χ1n) is 6.50. The first-order valence-corrected chi connectivity index (χ1v) is 6.50. The quantitative estimate of drug-likeness (QED) is 0.712. The number of carbonyl (C=O) groups excluding carboxylic acids is 1. The lowest BCUT2D eigenvalue weighted by atomic mass is 10.1.